The molecule has 234 valence electrons. The van der Waals surface area contributed by atoms with E-state index in [4.69, 9.17) is 5.73 Å². The number of nitrogens with two attached hydrogens (primary N) is 1. The number of pyridine rings is 1. The van der Waals surface area contributed by atoms with Gasteiger partial charge in [-0.15, -0.1) is 0 Å². The van der Waals surface area contributed by atoms with Crippen LogP contribution in [-0.2, 0) is 11.0 Å². The number of halogens is 3. The largest absolute Gasteiger partial charge is 0.433 e. The second-order valence-electron chi connectivity index (χ2n) is 11.0. The van der Waals surface area contributed by atoms with Crippen LogP contribution in [0, 0.1) is 5.92 Å². The zero-order chi connectivity index (χ0) is 31.4. The first-order valence-corrected chi connectivity index (χ1v) is 14.3. The van der Waals surface area contributed by atoms with Crippen LogP contribution in [0.25, 0.3) is 5.57 Å². The van der Waals surface area contributed by atoms with Crippen molar-refractivity contribution in [3.05, 3.63) is 59.4 Å². The summed E-state index contributed by atoms with van der Waals surface area (Å²) < 4.78 is 38.9. The zero-order valence-corrected chi connectivity index (χ0v) is 24.5. The monoisotopic (exact) mass is 612 g/mol. The highest BCUT2D eigenvalue weighted by molar-refractivity contribution is 6.11. The summed E-state index contributed by atoms with van der Waals surface area (Å²) in [5, 5.41) is 10.9. The number of fused-ring (bicyclic) bond motifs is 1. The molecule has 0 saturated carbocycles. The van der Waals surface area contributed by atoms with E-state index in [0.717, 1.165) is 44.7 Å². The first kappa shape index (κ1) is 30.9. The number of nitrogens with zero attached hydrogens (tertiary/aromatic N) is 7. The molecule has 2 aromatic rings. The van der Waals surface area contributed by atoms with Gasteiger partial charge in [-0.2, -0.15) is 18.3 Å². The Labute approximate surface area is 253 Å². The number of alkyl halides is 3. The van der Waals surface area contributed by atoms with Crippen molar-refractivity contribution in [1.82, 2.24) is 24.7 Å². The SMILES string of the molecule is CN(C)CCCN1CCN(C(=O)C2CN3N=CN=C(N)C3=C2c2ccc(NC(=O)Nc3cccc(C(F)(F)F)n3)cc2)CC1. The van der Waals surface area contributed by atoms with Gasteiger partial charge in [0.25, 0.3) is 0 Å². The molecule has 12 nitrogen and oxygen atoms in total. The Balaban J connectivity index is 1.27. The maximum Gasteiger partial charge on any atom is 0.433 e. The van der Waals surface area contributed by atoms with E-state index in [9.17, 15) is 22.8 Å². The van der Waals surface area contributed by atoms with Crippen LogP contribution in [0.5, 0.6) is 0 Å². The second kappa shape index (κ2) is 13.0. The highest BCUT2D eigenvalue weighted by Crippen LogP contribution is 2.39. The van der Waals surface area contributed by atoms with E-state index in [2.05, 4.69) is 49.6 Å². The number of aromatic nitrogens is 1. The third kappa shape index (κ3) is 7.17. The van der Waals surface area contributed by atoms with Gasteiger partial charge in [0.05, 0.1) is 12.5 Å². The minimum Gasteiger partial charge on any atom is -0.382 e. The van der Waals surface area contributed by atoms with Crippen molar-refractivity contribution in [1.29, 1.82) is 0 Å². The van der Waals surface area contributed by atoms with Gasteiger partial charge >= 0.3 is 12.2 Å². The molecule has 1 saturated heterocycles. The second-order valence-corrected chi connectivity index (χ2v) is 11.0. The van der Waals surface area contributed by atoms with Gasteiger partial charge in [0.1, 0.15) is 23.5 Å². The number of carbonyl (C=O) groups is 2. The Bertz CT molecular complexity index is 1460. The van der Waals surface area contributed by atoms with Crippen molar-refractivity contribution < 1.29 is 22.8 Å². The molecule has 3 amide bonds. The molecule has 4 heterocycles. The predicted octanol–water partition coefficient (Wildman–Crippen LogP) is 2.80. The van der Waals surface area contributed by atoms with Crippen molar-refractivity contribution in [3.63, 3.8) is 0 Å². The highest BCUT2D eigenvalue weighted by Gasteiger charge is 2.41. The Morgan fingerprint density at radius 1 is 1.05 bits per heavy atom. The molecule has 1 aromatic heterocycles. The minimum atomic E-state index is -4.63. The Morgan fingerprint density at radius 2 is 1.77 bits per heavy atom. The molecule has 0 aliphatic carbocycles. The lowest BCUT2D eigenvalue weighted by Gasteiger charge is -2.36. The van der Waals surface area contributed by atoms with E-state index in [-0.39, 0.29) is 17.6 Å². The topological polar surface area (TPSA) is 135 Å². The maximum atomic E-state index is 13.9. The molecule has 4 N–H and O–H groups in total. The van der Waals surface area contributed by atoms with Crippen LogP contribution in [0.4, 0.5) is 29.5 Å². The van der Waals surface area contributed by atoms with Crippen LogP contribution in [0.2, 0.25) is 0 Å². The molecule has 0 bridgehead atoms. The molecule has 15 heteroatoms. The Hall–Kier alpha value is -4.50. The van der Waals surface area contributed by atoms with E-state index >= 15 is 0 Å². The van der Waals surface area contributed by atoms with Gasteiger partial charge in [-0.25, -0.2) is 14.8 Å². The molecule has 1 unspecified atom stereocenters. The number of hydrogen-bond acceptors (Lipinski definition) is 9. The molecule has 0 radical (unpaired) electrons. The number of amidine groups is 1. The smallest absolute Gasteiger partial charge is 0.382 e. The Morgan fingerprint density at radius 3 is 2.45 bits per heavy atom. The number of piperazine rings is 1. The average molecular weight is 613 g/mol. The number of hydrazone groups is 1. The molecule has 1 fully saturated rings. The van der Waals surface area contributed by atoms with Crippen LogP contribution in [0.3, 0.4) is 0 Å². The fourth-order valence-electron chi connectivity index (χ4n) is 5.48. The van der Waals surface area contributed by atoms with Crippen molar-refractivity contribution in [2.75, 3.05) is 70.5 Å². The van der Waals surface area contributed by atoms with E-state index in [0.29, 0.717) is 42.2 Å². The first-order chi connectivity index (χ1) is 21.0. The fraction of sp³-hybridized carbons (Fsp3) is 0.414. The van der Waals surface area contributed by atoms with Gasteiger partial charge < -0.3 is 20.9 Å². The molecule has 0 spiro atoms. The van der Waals surface area contributed by atoms with E-state index in [1.165, 1.54) is 12.4 Å². The number of benzene rings is 1. The lowest BCUT2D eigenvalue weighted by Crippen LogP contribution is -2.51. The van der Waals surface area contributed by atoms with Crippen molar-refractivity contribution >= 4 is 41.2 Å². The number of urea groups is 1. The molecule has 1 aromatic carbocycles. The molecular weight excluding hydrogens is 577 g/mol. The summed E-state index contributed by atoms with van der Waals surface area (Å²) in [7, 11) is 4.12. The molecule has 3 aliphatic heterocycles. The van der Waals surface area contributed by atoms with Crippen LogP contribution >= 0.6 is 0 Å². The van der Waals surface area contributed by atoms with Gasteiger partial charge in [-0.3, -0.25) is 20.0 Å². The normalized spacial score (nSPS) is 18.9. The summed E-state index contributed by atoms with van der Waals surface area (Å²) >= 11 is 0. The van der Waals surface area contributed by atoms with Crippen molar-refractivity contribution in [2.24, 2.45) is 21.7 Å². The number of nitrogens with one attached hydrogen (secondary N) is 2. The Kier molecular flexibility index (Phi) is 9.15. The fourth-order valence-corrected chi connectivity index (χ4v) is 5.48. The van der Waals surface area contributed by atoms with Crippen LogP contribution in [0.15, 0.2) is 58.3 Å². The summed E-state index contributed by atoms with van der Waals surface area (Å²) in [6.45, 7) is 5.21. The third-order valence-corrected chi connectivity index (χ3v) is 7.64. The van der Waals surface area contributed by atoms with Gasteiger partial charge in [0.2, 0.25) is 5.91 Å². The molecule has 5 rings (SSSR count). The minimum absolute atomic E-state index is 0.00647. The number of amides is 3. The number of carbonyl (C=O) groups excluding carboxylic acids is 2. The van der Waals surface area contributed by atoms with Gasteiger partial charge in [0, 0.05) is 37.4 Å². The summed E-state index contributed by atoms with van der Waals surface area (Å²) in [4.78, 5) is 40.4. The van der Waals surface area contributed by atoms with Crippen molar-refractivity contribution in [2.45, 2.75) is 12.6 Å². The van der Waals surface area contributed by atoms with Crippen LogP contribution < -0.4 is 16.4 Å². The van der Waals surface area contributed by atoms with Crippen LogP contribution in [0.1, 0.15) is 17.7 Å². The van der Waals surface area contributed by atoms with Gasteiger partial charge in [-0.05, 0) is 63.4 Å². The predicted molar refractivity (Wildman–Crippen MR) is 162 cm³/mol. The highest BCUT2D eigenvalue weighted by atomic mass is 19.4. The number of aliphatic imine (C=N–C) groups is 1. The van der Waals surface area contributed by atoms with E-state index < -0.39 is 23.8 Å². The average Bonchev–Trinajstić information content (AvgIpc) is 3.38. The number of anilines is 2. The lowest BCUT2D eigenvalue weighted by molar-refractivity contribution is -0.141. The molecule has 3 aliphatic rings. The zero-order valence-electron chi connectivity index (χ0n) is 24.5. The quantitative estimate of drug-likeness (QED) is 0.417. The first-order valence-electron chi connectivity index (χ1n) is 14.3. The van der Waals surface area contributed by atoms with E-state index in [1.54, 1.807) is 29.3 Å². The molecule has 44 heavy (non-hydrogen) atoms. The third-order valence-electron chi connectivity index (χ3n) is 7.64. The van der Waals surface area contributed by atoms with Gasteiger partial charge in [-0.1, -0.05) is 18.2 Å². The van der Waals surface area contributed by atoms with Crippen molar-refractivity contribution in [3.8, 4) is 0 Å². The summed E-state index contributed by atoms with van der Waals surface area (Å²) in [6.07, 6.45) is -2.20. The van der Waals surface area contributed by atoms with Gasteiger partial charge in [0.15, 0.2) is 5.84 Å². The molecular formula is C29H35F3N10O2. The maximum absolute atomic E-state index is 13.9. The number of rotatable bonds is 8. The summed E-state index contributed by atoms with van der Waals surface area (Å²) in [5.74, 6) is -0.516. The summed E-state index contributed by atoms with van der Waals surface area (Å²) in [5.41, 5.74) is 7.52. The van der Waals surface area contributed by atoms with E-state index in [1.807, 2.05) is 4.90 Å². The van der Waals surface area contributed by atoms with Crippen LogP contribution in [-0.4, -0.2) is 109 Å². The lowest BCUT2D eigenvalue weighted by atomic mass is 9.91. The molecule has 1 atom stereocenters. The standard InChI is InChI=1S/C29H35F3N10O2/c1-39(2)11-4-12-40-13-15-41(16-14-40)27(43)21-17-42-25(26(33)34-18-35-42)24(21)19-7-9-20(10-8-19)36-28(44)38-23-6-3-5-22(37-23)29(30,31)32/h3,5-10,18,21H,4,11-17H2,1-2H3,(H2,33,34,35)(H2,36,37,38,44). The summed E-state index contributed by atoms with van der Waals surface area (Å²) in [6, 6.07) is 9.26. The number of hydrogen-bond donors (Lipinski definition) is 3.